The van der Waals surface area contributed by atoms with Gasteiger partial charge in [0.05, 0.1) is 18.4 Å². The molecule has 5 heteroatoms. The van der Waals surface area contributed by atoms with Gasteiger partial charge in [0.25, 0.3) is 5.91 Å². The highest BCUT2D eigenvalue weighted by molar-refractivity contribution is 6.14. The van der Waals surface area contributed by atoms with Crippen LogP contribution in [0.1, 0.15) is 84.2 Å². The number of benzene rings is 1. The van der Waals surface area contributed by atoms with Crippen molar-refractivity contribution in [1.82, 2.24) is 0 Å². The number of ether oxygens (including phenoxy) is 1. The van der Waals surface area contributed by atoms with Crippen LogP contribution in [-0.2, 0) is 9.53 Å². The number of rotatable bonds is 8. The van der Waals surface area contributed by atoms with Gasteiger partial charge in [0.2, 0.25) is 0 Å². The Balaban J connectivity index is 3.79. The standard InChI is InChI=1S/C28H40N2O3/c1-10-18(3)20(5)25(22-12-14-23(15-13-22)26(31)33-9)21(11-2)16-24(19(4)17-29)30-27(32)28(6,7)8/h12-18H,10-11,29H2,1-9H3/b19-17-,21-16+,25-20-,30-24?. The second kappa shape index (κ2) is 12.3. The first kappa shape index (κ1) is 28.1. The lowest BCUT2D eigenvalue weighted by atomic mass is 9.85. The molecule has 1 rings (SSSR count). The summed E-state index contributed by atoms with van der Waals surface area (Å²) in [6.07, 6.45) is 5.19. The van der Waals surface area contributed by atoms with Crippen molar-refractivity contribution >= 4 is 23.2 Å². The summed E-state index contributed by atoms with van der Waals surface area (Å²) in [4.78, 5) is 29.0. The molecule has 1 aromatic carbocycles. The third-order valence-electron chi connectivity index (χ3n) is 5.87. The predicted molar refractivity (Wildman–Crippen MR) is 138 cm³/mol. The van der Waals surface area contributed by atoms with E-state index < -0.39 is 5.41 Å². The molecule has 1 unspecified atom stereocenters. The average Bonchev–Trinajstić information content (AvgIpc) is 2.80. The molecule has 0 aliphatic carbocycles. The van der Waals surface area contributed by atoms with Crippen molar-refractivity contribution in [3.63, 3.8) is 0 Å². The Bertz CT molecular complexity index is 971. The number of methoxy groups -OCH3 is 1. The van der Waals surface area contributed by atoms with Crippen molar-refractivity contribution in [3.05, 3.63) is 64.4 Å². The lowest BCUT2D eigenvalue weighted by Crippen LogP contribution is -2.19. The molecular weight excluding hydrogens is 412 g/mol. The van der Waals surface area contributed by atoms with Gasteiger partial charge in [-0.05, 0) is 79.3 Å². The maximum Gasteiger partial charge on any atom is 0.337 e. The molecule has 33 heavy (non-hydrogen) atoms. The minimum absolute atomic E-state index is 0.197. The van der Waals surface area contributed by atoms with E-state index in [0.717, 1.165) is 35.1 Å². The number of carbonyl (C=O) groups is 2. The maximum absolute atomic E-state index is 12.7. The van der Waals surface area contributed by atoms with E-state index >= 15 is 0 Å². The number of hydrogen-bond donors (Lipinski definition) is 1. The Hall–Kier alpha value is -2.95. The lowest BCUT2D eigenvalue weighted by molar-refractivity contribution is -0.124. The number of esters is 1. The zero-order valence-corrected chi connectivity index (χ0v) is 21.7. The zero-order chi connectivity index (χ0) is 25.3. The van der Waals surface area contributed by atoms with Gasteiger partial charge in [-0.15, -0.1) is 0 Å². The molecule has 0 saturated carbocycles. The van der Waals surface area contributed by atoms with Gasteiger partial charge in [-0.2, -0.15) is 0 Å². The molecule has 0 heterocycles. The second-order valence-electron chi connectivity index (χ2n) is 9.36. The molecule has 0 aromatic heterocycles. The minimum atomic E-state index is -0.588. The van der Waals surface area contributed by atoms with Crippen LogP contribution in [0.5, 0.6) is 0 Å². The molecule has 180 valence electrons. The fourth-order valence-electron chi connectivity index (χ4n) is 3.22. The highest BCUT2D eigenvalue weighted by Gasteiger charge is 2.22. The Morgan fingerprint density at radius 1 is 1.09 bits per heavy atom. The molecule has 1 atom stereocenters. The van der Waals surface area contributed by atoms with Gasteiger partial charge in [-0.25, -0.2) is 9.79 Å². The summed E-state index contributed by atoms with van der Waals surface area (Å²) in [5, 5.41) is 0. The Kier molecular flexibility index (Phi) is 10.5. The van der Waals surface area contributed by atoms with Crippen LogP contribution in [0.25, 0.3) is 5.57 Å². The summed E-state index contributed by atoms with van der Waals surface area (Å²) in [7, 11) is 1.37. The third-order valence-corrected chi connectivity index (χ3v) is 5.87. The van der Waals surface area contributed by atoms with Crippen LogP contribution in [0.4, 0.5) is 0 Å². The highest BCUT2D eigenvalue weighted by Crippen LogP contribution is 2.34. The number of aliphatic imine (C=N–C) groups is 1. The lowest BCUT2D eigenvalue weighted by Gasteiger charge is -2.21. The number of nitrogens with zero attached hydrogens (tertiary/aromatic N) is 1. The Morgan fingerprint density at radius 2 is 1.64 bits per heavy atom. The monoisotopic (exact) mass is 452 g/mol. The van der Waals surface area contributed by atoms with Crippen LogP contribution in [0.2, 0.25) is 0 Å². The molecule has 0 radical (unpaired) electrons. The number of carbonyl (C=O) groups excluding carboxylic acids is 2. The zero-order valence-electron chi connectivity index (χ0n) is 21.7. The van der Waals surface area contributed by atoms with Crippen molar-refractivity contribution in [2.75, 3.05) is 7.11 Å². The molecule has 0 fully saturated rings. The van der Waals surface area contributed by atoms with Gasteiger partial charge in [-0.3, -0.25) is 4.79 Å². The predicted octanol–water partition coefficient (Wildman–Crippen LogP) is 6.51. The molecule has 0 bridgehead atoms. The number of allylic oxidation sites excluding steroid dienone is 5. The molecule has 0 aliphatic heterocycles. The summed E-state index contributed by atoms with van der Waals surface area (Å²) >= 11 is 0. The molecule has 1 aromatic rings. The van der Waals surface area contributed by atoms with E-state index in [4.69, 9.17) is 10.5 Å². The minimum Gasteiger partial charge on any atom is -0.465 e. The van der Waals surface area contributed by atoms with E-state index in [0.29, 0.717) is 17.2 Å². The summed E-state index contributed by atoms with van der Waals surface area (Å²) in [6, 6.07) is 7.45. The van der Waals surface area contributed by atoms with Crippen molar-refractivity contribution in [1.29, 1.82) is 0 Å². The van der Waals surface area contributed by atoms with Gasteiger partial charge in [0.15, 0.2) is 0 Å². The normalized spacial score (nSPS) is 15.1. The Morgan fingerprint density at radius 3 is 2.06 bits per heavy atom. The number of amides is 1. The van der Waals surface area contributed by atoms with Crippen molar-refractivity contribution in [2.24, 2.45) is 22.1 Å². The smallest absolute Gasteiger partial charge is 0.337 e. The van der Waals surface area contributed by atoms with Gasteiger partial charge in [0.1, 0.15) is 0 Å². The number of nitrogens with two attached hydrogens (primary N) is 1. The fraction of sp³-hybridized carbons (Fsp3) is 0.464. The van der Waals surface area contributed by atoms with Gasteiger partial charge in [-0.1, -0.05) is 59.2 Å². The maximum atomic E-state index is 12.7. The van der Waals surface area contributed by atoms with Crippen LogP contribution in [0.3, 0.4) is 0 Å². The molecule has 0 aliphatic rings. The molecular formula is C28H40N2O3. The molecule has 0 saturated heterocycles. The van der Waals surface area contributed by atoms with Crippen LogP contribution in [0.15, 0.2) is 58.3 Å². The van der Waals surface area contributed by atoms with E-state index in [1.54, 1.807) is 12.1 Å². The van der Waals surface area contributed by atoms with E-state index in [1.165, 1.54) is 18.9 Å². The van der Waals surface area contributed by atoms with Gasteiger partial charge < -0.3 is 10.5 Å². The van der Waals surface area contributed by atoms with Crippen LogP contribution in [0, 0.1) is 11.3 Å². The first-order valence-corrected chi connectivity index (χ1v) is 11.5. The molecule has 5 nitrogen and oxygen atoms in total. The molecule has 1 amide bonds. The summed E-state index contributed by atoms with van der Waals surface area (Å²) in [6.45, 7) is 16.0. The van der Waals surface area contributed by atoms with E-state index in [2.05, 4.69) is 32.7 Å². The third kappa shape index (κ3) is 7.55. The molecule has 2 N–H and O–H groups in total. The summed E-state index contributed by atoms with van der Waals surface area (Å²) in [5.74, 6) is -0.203. The van der Waals surface area contributed by atoms with Crippen molar-refractivity contribution in [2.45, 2.75) is 68.2 Å². The topological polar surface area (TPSA) is 81.8 Å². The second-order valence-corrected chi connectivity index (χ2v) is 9.36. The van der Waals surface area contributed by atoms with Crippen LogP contribution >= 0.6 is 0 Å². The Labute approximate surface area is 199 Å². The summed E-state index contributed by atoms with van der Waals surface area (Å²) in [5.41, 5.74) is 11.4. The molecule has 0 spiro atoms. The fourth-order valence-corrected chi connectivity index (χ4v) is 3.22. The first-order chi connectivity index (χ1) is 15.4. The summed E-state index contributed by atoms with van der Waals surface area (Å²) < 4.78 is 4.84. The van der Waals surface area contributed by atoms with Crippen molar-refractivity contribution in [3.8, 4) is 0 Å². The van der Waals surface area contributed by atoms with E-state index in [9.17, 15) is 9.59 Å². The van der Waals surface area contributed by atoms with E-state index in [1.807, 2.05) is 45.9 Å². The van der Waals surface area contributed by atoms with Crippen molar-refractivity contribution < 1.29 is 14.3 Å². The largest absolute Gasteiger partial charge is 0.465 e. The highest BCUT2D eigenvalue weighted by atomic mass is 16.5. The quantitative estimate of drug-likeness (QED) is 0.277. The van der Waals surface area contributed by atoms with Gasteiger partial charge in [0, 0.05) is 5.41 Å². The van der Waals surface area contributed by atoms with Crippen LogP contribution in [-0.4, -0.2) is 24.7 Å². The van der Waals surface area contributed by atoms with Gasteiger partial charge >= 0.3 is 5.97 Å². The SMILES string of the molecule is CCC(=C\C(=NC(=O)C(C)(C)C)/C(C)=C\N)/C(=C(\C)C(C)CC)c1ccc(C(=O)OC)cc1. The number of hydrogen-bond acceptors (Lipinski definition) is 4. The average molecular weight is 453 g/mol. The first-order valence-electron chi connectivity index (χ1n) is 11.5. The van der Waals surface area contributed by atoms with E-state index in [-0.39, 0.29) is 11.9 Å². The van der Waals surface area contributed by atoms with Crippen LogP contribution < -0.4 is 5.73 Å².